The standard InChI is InChI=1S/C18H23F2NO2/c1-2-18(23,13-6-4-3-5-7-13)15(22)21-14-12-16(14)8-10-17(19,20)11-9-16/h3-7,14,23H,2,8-12H2,1H3,(H,21,22). The molecule has 3 rings (SSSR count). The minimum absolute atomic E-state index is 0.0899. The Kier molecular flexibility index (Phi) is 3.95. The van der Waals surface area contributed by atoms with E-state index >= 15 is 0 Å². The van der Waals surface area contributed by atoms with E-state index in [0.717, 1.165) is 6.42 Å². The van der Waals surface area contributed by atoms with Gasteiger partial charge in [-0.15, -0.1) is 0 Å². The van der Waals surface area contributed by atoms with Crippen LogP contribution in [0.1, 0.15) is 51.0 Å². The number of hydrogen-bond acceptors (Lipinski definition) is 2. The number of carbonyl (C=O) groups is 1. The van der Waals surface area contributed by atoms with Crippen LogP contribution in [0.4, 0.5) is 8.78 Å². The molecule has 2 atom stereocenters. The van der Waals surface area contributed by atoms with Crippen LogP contribution in [-0.4, -0.2) is 23.0 Å². The van der Waals surface area contributed by atoms with Crippen LogP contribution >= 0.6 is 0 Å². The minimum atomic E-state index is -2.56. The molecule has 0 aromatic heterocycles. The van der Waals surface area contributed by atoms with Gasteiger partial charge >= 0.3 is 0 Å². The molecular weight excluding hydrogens is 300 g/mol. The maximum atomic E-state index is 13.3. The van der Waals surface area contributed by atoms with Gasteiger partial charge in [0.05, 0.1) is 0 Å². The Balaban J connectivity index is 1.66. The van der Waals surface area contributed by atoms with Gasteiger partial charge in [0.1, 0.15) is 0 Å². The van der Waals surface area contributed by atoms with E-state index in [1.165, 1.54) is 0 Å². The molecule has 1 aromatic carbocycles. The van der Waals surface area contributed by atoms with Crippen LogP contribution in [0.2, 0.25) is 0 Å². The van der Waals surface area contributed by atoms with E-state index in [-0.39, 0.29) is 30.7 Å². The fourth-order valence-corrected chi connectivity index (χ4v) is 3.71. The number of hydrogen-bond donors (Lipinski definition) is 2. The molecule has 23 heavy (non-hydrogen) atoms. The number of amides is 1. The summed E-state index contributed by atoms with van der Waals surface area (Å²) in [4.78, 5) is 12.6. The summed E-state index contributed by atoms with van der Waals surface area (Å²) in [6.07, 6.45) is 1.69. The van der Waals surface area contributed by atoms with E-state index in [2.05, 4.69) is 5.32 Å². The van der Waals surface area contributed by atoms with Gasteiger partial charge in [-0.25, -0.2) is 8.78 Å². The summed E-state index contributed by atoms with van der Waals surface area (Å²) in [5.74, 6) is -2.98. The summed E-state index contributed by atoms with van der Waals surface area (Å²) in [6.45, 7) is 1.76. The van der Waals surface area contributed by atoms with Crippen LogP contribution in [0.15, 0.2) is 30.3 Å². The van der Waals surface area contributed by atoms with Crippen LogP contribution in [0, 0.1) is 5.41 Å². The van der Waals surface area contributed by atoms with Crippen molar-refractivity contribution in [1.82, 2.24) is 5.32 Å². The molecule has 0 bridgehead atoms. The summed E-state index contributed by atoms with van der Waals surface area (Å²) in [7, 11) is 0. The number of rotatable bonds is 4. The molecule has 2 aliphatic carbocycles. The van der Waals surface area contributed by atoms with Gasteiger partial charge in [-0.2, -0.15) is 0 Å². The van der Waals surface area contributed by atoms with E-state index in [4.69, 9.17) is 0 Å². The van der Waals surface area contributed by atoms with Gasteiger partial charge in [0.15, 0.2) is 5.60 Å². The van der Waals surface area contributed by atoms with Crippen molar-refractivity contribution in [3.63, 3.8) is 0 Å². The molecule has 2 aliphatic rings. The third kappa shape index (κ3) is 2.99. The van der Waals surface area contributed by atoms with E-state index in [1.54, 1.807) is 31.2 Å². The first-order valence-electron chi connectivity index (χ1n) is 8.28. The maximum absolute atomic E-state index is 13.3. The molecule has 2 N–H and O–H groups in total. The zero-order valence-electron chi connectivity index (χ0n) is 13.3. The molecule has 2 unspecified atom stereocenters. The predicted octanol–water partition coefficient (Wildman–Crippen LogP) is 3.37. The molecule has 3 nitrogen and oxygen atoms in total. The normalized spacial score (nSPS) is 27.2. The number of carbonyl (C=O) groups excluding carboxylic acids is 1. The van der Waals surface area contributed by atoms with Crippen LogP contribution < -0.4 is 5.32 Å². The number of benzene rings is 1. The monoisotopic (exact) mass is 323 g/mol. The average molecular weight is 323 g/mol. The quantitative estimate of drug-likeness (QED) is 0.892. The fraction of sp³-hybridized carbons (Fsp3) is 0.611. The molecule has 0 aliphatic heterocycles. The van der Waals surface area contributed by atoms with Crippen molar-refractivity contribution in [3.8, 4) is 0 Å². The summed E-state index contributed by atoms with van der Waals surface area (Å²) in [5.41, 5.74) is -1.18. The molecule has 0 heterocycles. The SMILES string of the molecule is CCC(O)(C(=O)NC1CC12CCC(F)(F)CC2)c1ccccc1. The van der Waals surface area contributed by atoms with Crippen molar-refractivity contribution in [2.24, 2.45) is 5.41 Å². The Hall–Kier alpha value is -1.49. The van der Waals surface area contributed by atoms with Crippen molar-refractivity contribution >= 4 is 5.91 Å². The molecular formula is C18H23F2NO2. The molecule has 126 valence electrons. The average Bonchev–Trinajstić information content (AvgIpc) is 3.23. The first-order valence-corrected chi connectivity index (χ1v) is 8.28. The Morgan fingerprint density at radius 1 is 1.26 bits per heavy atom. The van der Waals surface area contributed by atoms with Gasteiger partial charge in [-0.3, -0.25) is 4.79 Å². The third-order valence-corrected chi connectivity index (χ3v) is 5.61. The van der Waals surface area contributed by atoms with Crippen molar-refractivity contribution < 1.29 is 18.7 Å². The van der Waals surface area contributed by atoms with Crippen LogP contribution in [0.25, 0.3) is 0 Å². The Morgan fingerprint density at radius 3 is 2.43 bits per heavy atom. The predicted molar refractivity (Wildman–Crippen MR) is 83.0 cm³/mol. The van der Waals surface area contributed by atoms with Crippen molar-refractivity contribution in [2.75, 3.05) is 0 Å². The largest absolute Gasteiger partial charge is 0.375 e. The Morgan fingerprint density at radius 2 is 1.87 bits per heavy atom. The van der Waals surface area contributed by atoms with Crippen LogP contribution in [0.5, 0.6) is 0 Å². The zero-order valence-corrected chi connectivity index (χ0v) is 13.3. The van der Waals surface area contributed by atoms with E-state index in [0.29, 0.717) is 18.4 Å². The molecule has 1 spiro atoms. The highest BCUT2D eigenvalue weighted by molar-refractivity contribution is 5.86. The number of alkyl halides is 2. The van der Waals surface area contributed by atoms with Crippen molar-refractivity contribution in [1.29, 1.82) is 0 Å². The van der Waals surface area contributed by atoms with Crippen LogP contribution in [-0.2, 0) is 10.4 Å². The fourth-order valence-electron chi connectivity index (χ4n) is 3.71. The maximum Gasteiger partial charge on any atom is 0.256 e. The highest BCUT2D eigenvalue weighted by atomic mass is 19.3. The lowest BCUT2D eigenvalue weighted by atomic mass is 9.83. The van der Waals surface area contributed by atoms with Crippen molar-refractivity contribution in [3.05, 3.63) is 35.9 Å². The summed E-state index contributed by atoms with van der Waals surface area (Å²) in [5, 5.41) is 13.7. The van der Waals surface area contributed by atoms with Crippen molar-refractivity contribution in [2.45, 2.75) is 63.0 Å². The molecule has 0 saturated heterocycles. The third-order valence-electron chi connectivity index (χ3n) is 5.61. The molecule has 1 amide bonds. The topological polar surface area (TPSA) is 49.3 Å². The number of halogens is 2. The van der Waals surface area contributed by atoms with E-state index in [9.17, 15) is 18.7 Å². The Bertz CT molecular complexity index is 580. The second-order valence-corrected chi connectivity index (χ2v) is 7.03. The second-order valence-electron chi connectivity index (χ2n) is 7.03. The van der Waals surface area contributed by atoms with Gasteiger partial charge in [0.25, 0.3) is 5.91 Å². The van der Waals surface area contributed by atoms with E-state index < -0.39 is 17.4 Å². The minimum Gasteiger partial charge on any atom is -0.375 e. The second kappa shape index (κ2) is 5.55. The van der Waals surface area contributed by atoms with Crippen LogP contribution in [0.3, 0.4) is 0 Å². The number of aliphatic hydroxyl groups is 1. The first kappa shape index (κ1) is 16.4. The highest BCUT2D eigenvalue weighted by Crippen LogP contribution is 2.59. The van der Waals surface area contributed by atoms with Gasteiger partial charge < -0.3 is 10.4 Å². The highest BCUT2D eigenvalue weighted by Gasteiger charge is 2.59. The summed E-state index contributed by atoms with van der Waals surface area (Å²) >= 11 is 0. The smallest absolute Gasteiger partial charge is 0.256 e. The van der Waals surface area contributed by atoms with Gasteiger partial charge in [0, 0.05) is 18.9 Å². The molecule has 0 radical (unpaired) electrons. The lowest BCUT2D eigenvalue weighted by Crippen LogP contribution is -2.46. The zero-order chi connectivity index (χ0) is 16.7. The first-order chi connectivity index (χ1) is 10.8. The molecule has 2 fully saturated rings. The molecule has 2 saturated carbocycles. The van der Waals surface area contributed by atoms with Gasteiger partial charge in [-0.1, -0.05) is 37.3 Å². The Labute approximate surface area is 135 Å². The lowest BCUT2D eigenvalue weighted by molar-refractivity contribution is -0.141. The number of nitrogens with one attached hydrogen (secondary N) is 1. The summed E-state index contributed by atoms with van der Waals surface area (Å²) < 4.78 is 26.6. The lowest BCUT2D eigenvalue weighted by Gasteiger charge is -2.30. The van der Waals surface area contributed by atoms with E-state index in [1.807, 2.05) is 6.07 Å². The molecule has 1 aromatic rings. The summed E-state index contributed by atoms with van der Waals surface area (Å²) in [6, 6.07) is 8.76. The molecule has 5 heteroatoms. The van der Waals surface area contributed by atoms with Gasteiger partial charge in [0.2, 0.25) is 5.92 Å². The van der Waals surface area contributed by atoms with Gasteiger partial charge in [-0.05, 0) is 36.7 Å².